The third kappa shape index (κ3) is 4.53. The van der Waals surface area contributed by atoms with E-state index < -0.39 is 5.60 Å². The Morgan fingerprint density at radius 3 is 2.92 bits per heavy atom. The lowest BCUT2D eigenvalue weighted by atomic mass is 10.0. The molecule has 0 bridgehead atoms. The van der Waals surface area contributed by atoms with Gasteiger partial charge in [-0.2, -0.15) is 0 Å². The maximum atomic E-state index is 12.0. The molecule has 1 atom stereocenters. The Kier molecular flexibility index (Phi) is 5.15. The zero-order valence-corrected chi connectivity index (χ0v) is 15.7. The van der Waals surface area contributed by atoms with Crippen LogP contribution in [0.4, 0.5) is 16.3 Å². The summed E-state index contributed by atoms with van der Waals surface area (Å²) in [5.74, 6) is 0.831. The molecule has 1 aromatic carbocycles. The number of nitrogens with two attached hydrogens (primary N) is 1. The van der Waals surface area contributed by atoms with Crippen LogP contribution in [0.2, 0.25) is 0 Å². The number of nitrogens with one attached hydrogen (secondary N) is 1. The monoisotopic (exact) mass is 357 g/mol. The van der Waals surface area contributed by atoms with Gasteiger partial charge in [-0.3, -0.25) is 4.98 Å². The van der Waals surface area contributed by atoms with E-state index in [1.165, 1.54) is 0 Å². The van der Waals surface area contributed by atoms with Crippen LogP contribution in [0.5, 0.6) is 0 Å². The molecule has 3 N–H and O–H groups in total. The molecule has 1 aliphatic heterocycles. The van der Waals surface area contributed by atoms with Gasteiger partial charge in [-0.1, -0.05) is 0 Å². The van der Waals surface area contributed by atoms with Crippen LogP contribution in [-0.2, 0) is 4.74 Å². The Morgan fingerprint density at radius 2 is 2.15 bits per heavy atom. The molecule has 0 radical (unpaired) electrons. The van der Waals surface area contributed by atoms with Gasteiger partial charge < -0.3 is 20.7 Å². The topological polar surface area (TPSA) is 93.4 Å². The number of anilines is 2. The molecule has 26 heavy (non-hydrogen) atoms. The first-order chi connectivity index (χ1) is 12.3. The van der Waals surface area contributed by atoms with E-state index in [4.69, 9.17) is 15.5 Å². The number of piperidine rings is 1. The van der Waals surface area contributed by atoms with Crippen LogP contribution in [0.3, 0.4) is 0 Å². The van der Waals surface area contributed by atoms with E-state index in [1.54, 1.807) is 6.20 Å². The molecule has 0 spiro atoms. The molecule has 0 aliphatic carbocycles. The van der Waals surface area contributed by atoms with Crippen LogP contribution in [-0.4, -0.2) is 40.8 Å². The van der Waals surface area contributed by atoms with Crippen LogP contribution in [0.1, 0.15) is 40.0 Å². The fourth-order valence-corrected chi connectivity index (χ4v) is 3.19. The summed E-state index contributed by atoms with van der Waals surface area (Å²) in [7, 11) is 0. The fourth-order valence-electron chi connectivity index (χ4n) is 3.19. The van der Waals surface area contributed by atoms with Gasteiger partial charge in [0.25, 0.3) is 0 Å². The van der Waals surface area contributed by atoms with Crippen molar-refractivity contribution in [2.24, 2.45) is 0 Å². The van der Waals surface area contributed by atoms with Crippen molar-refractivity contribution in [1.82, 2.24) is 15.3 Å². The highest BCUT2D eigenvalue weighted by Crippen LogP contribution is 2.24. The standard InChI is InChI=1S/C19H27N5O2/c1-19(2,3)26-18(25)22-11-14-6-4-5-9-24(14)17-12-21-16-10-13(20)7-8-15(16)23-17/h7-8,10,12,14H,4-6,9,11,20H2,1-3H3,(H,22,25)/t14-/m0/s1. The number of fused-ring (bicyclic) bond motifs is 1. The molecule has 3 rings (SSSR count). The predicted molar refractivity (Wildman–Crippen MR) is 103 cm³/mol. The van der Waals surface area contributed by atoms with Gasteiger partial charge in [-0.05, 0) is 58.2 Å². The van der Waals surface area contributed by atoms with Gasteiger partial charge in [0.05, 0.1) is 17.2 Å². The normalized spacial score (nSPS) is 18.0. The quantitative estimate of drug-likeness (QED) is 0.820. The smallest absolute Gasteiger partial charge is 0.407 e. The van der Waals surface area contributed by atoms with Crippen molar-refractivity contribution < 1.29 is 9.53 Å². The fraction of sp³-hybridized carbons (Fsp3) is 0.526. The Bertz CT molecular complexity index is 787. The SMILES string of the molecule is CC(C)(C)OC(=O)NC[C@@H]1CCCCN1c1cnc2cc(N)ccc2n1. The first kappa shape index (κ1) is 18.2. The molecule has 0 unspecified atom stereocenters. The van der Waals surface area contributed by atoms with Crippen molar-refractivity contribution in [3.05, 3.63) is 24.4 Å². The van der Waals surface area contributed by atoms with Gasteiger partial charge in [0.15, 0.2) is 0 Å². The number of rotatable bonds is 3. The van der Waals surface area contributed by atoms with E-state index in [0.717, 1.165) is 42.7 Å². The lowest BCUT2D eigenvalue weighted by Crippen LogP contribution is -2.48. The summed E-state index contributed by atoms with van der Waals surface area (Å²) in [6.45, 7) is 7.00. The summed E-state index contributed by atoms with van der Waals surface area (Å²) < 4.78 is 5.33. The van der Waals surface area contributed by atoms with E-state index in [0.29, 0.717) is 12.2 Å². The van der Waals surface area contributed by atoms with E-state index in [-0.39, 0.29) is 12.1 Å². The molecule has 1 aliphatic rings. The zero-order chi connectivity index (χ0) is 18.7. The molecular weight excluding hydrogens is 330 g/mol. The Morgan fingerprint density at radius 1 is 1.35 bits per heavy atom. The first-order valence-electron chi connectivity index (χ1n) is 9.07. The van der Waals surface area contributed by atoms with Crippen LogP contribution in [0.25, 0.3) is 11.0 Å². The maximum absolute atomic E-state index is 12.0. The largest absolute Gasteiger partial charge is 0.444 e. The number of aromatic nitrogens is 2. The van der Waals surface area contributed by atoms with E-state index >= 15 is 0 Å². The van der Waals surface area contributed by atoms with Gasteiger partial charge in [0.1, 0.15) is 11.4 Å². The van der Waals surface area contributed by atoms with Crippen molar-refractivity contribution in [2.45, 2.75) is 51.7 Å². The van der Waals surface area contributed by atoms with Crippen molar-refractivity contribution in [3.63, 3.8) is 0 Å². The lowest BCUT2D eigenvalue weighted by Gasteiger charge is -2.36. The number of hydrogen-bond donors (Lipinski definition) is 2. The molecule has 1 fully saturated rings. The van der Waals surface area contributed by atoms with Gasteiger partial charge in [0.2, 0.25) is 0 Å². The number of benzene rings is 1. The zero-order valence-electron chi connectivity index (χ0n) is 15.7. The molecule has 2 heterocycles. The summed E-state index contributed by atoms with van der Waals surface area (Å²) >= 11 is 0. The highest BCUT2D eigenvalue weighted by molar-refractivity contribution is 5.79. The summed E-state index contributed by atoms with van der Waals surface area (Å²) in [6, 6.07) is 5.72. The number of ether oxygens (including phenoxy) is 1. The molecule has 7 nitrogen and oxygen atoms in total. The van der Waals surface area contributed by atoms with Crippen LogP contribution < -0.4 is 16.0 Å². The average molecular weight is 357 g/mol. The van der Waals surface area contributed by atoms with E-state index in [1.807, 2.05) is 39.0 Å². The summed E-state index contributed by atoms with van der Waals surface area (Å²) in [5, 5.41) is 2.89. The minimum absolute atomic E-state index is 0.178. The van der Waals surface area contributed by atoms with Gasteiger partial charge in [0, 0.05) is 24.8 Å². The van der Waals surface area contributed by atoms with Crippen molar-refractivity contribution in [2.75, 3.05) is 23.7 Å². The molecule has 140 valence electrons. The number of hydrogen-bond acceptors (Lipinski definition) is 6. The second kappa shape index (κ2) is 7.35. The minimum atomic E-state index is -0.498. The minimum Gasteiger partial charge on any atom is -0.444 e. The third-order valence-electron chi connectivity index (χ3n) is 4.36. The first-order valence-corrected chi connectivity index (χ1v) is 9.07. The summed E-state index contributed by atoms with van der Waals surface area (Å²) in [5.41, 5.74) is 7.59. The Balaban J connectivity index is 1.72. The van der Waals surface area contributed by atoms with Crippen LogP contribution >= 0.6 is 0 Å². The second-order valence-electron chi connectivity index (χ2n) is 7.70. The number of nitrogen functional groups attached to an aromatic ring is 1. The number of carbonyl (C=O) groups excluding carboxylic acids is 1. The van der Waals surface area contributed by atoms with Crippen molar-refractivity contribution >= 4 is 28.6 Å². The van der Waals surface area contributed by atoms with Crippen molar-refractivity contribution in [1.29, 1.82) is 0 Å². The number of nitrogens with zero attached hydrogens (tertiary/aromatic N) is 3. The molecule has 1 aromatic heterocycles. The van der Waals surface area contributed by atoms with Gasteiger partial charge in [-0.25, -0.2) is 9.78 Å². The maximum Gasteiger partial charge on any atom is 0.407 e. The molecule has 0 saturated carbocycles. The number of carbonyl (C=O) groups is 1. The van der Waals surface area contributed by atoms with Gasteiger partial charge in [-0.15, -0.1) is 0 Å². The lowest BCUT2D eigenvalue weighted by molar-refractivity contribution is 0.0523. The summed E-state index contributed by atoms with van der Waals surface area (Å²) in [6.07, 6.45) is 4.63. The Hall–Kier alpha value is -2.57. The van der Waals surface area contributed by atoms with Crippen molar-refractivity contribution in [3.8, 4) is 0 Å². The van der Waals surface area contributed by atoms with Crippen LogP contribution in [0.15, 0.2) is 24.4 Å². The highest BCUT2D eigenvalue weighted by Gasteiger charge is 2.25. The van der Waals surface area contributed by atoms with E-state index in [2.05, 4.69) is 15.2 Å². The van der Waals surface area contributed by atoms with Gasteiger partial charge >= 0.3 is 6.09 Å². The Labute approximate surface area is 153 Å². The molecule has 2 aromatic rings. The molecule has 1 amide bonds. The number of amides is 1. The predicted octanol–water partition coefficient (Wildman–Crippen LogP) is 3.10. The third-order valence-corrected chi connectivity index (χ3v) is 4.36. The van der Waals surface area contributed by atoms with Crippen LogP contribution in [0, 0.1) is 0 Å². The number of alkyl carbamates (subject to hydrolysis) is 1. The highest BCUT2D eigenvalue weighted by atomic mass is 16.6. The average Bonchev–Trinajstić information content (AvgIpc) is 2.58. The molecular formula is C19H27N5O2. The summed E-state index contributed by atoms with van der Waals surface area (Å²) in [4.78, 5) is 23.4. The van der Waals surface area contributed by atoms with E-state index in [9.17, 15) is 4.79 Å². The molecule has 1 saturated heterocycles. The molecule has 7 heteroatoms. The second-order valence-corrected chi connectivity index (χ2v) is 7.70.